The number of ether oxygens (including phenoxy) is 1. The minimum absolute atomic E-state index is 0.0436. The quantitative estimate of drug-likeness (QED) is 0.881. The van der Waals surface area contributed by atoms with Gasteiger partial charge >= 0.3 is 0 Å². The van der Waals surface area contributed by atoms with Crippen LogP contribution in [0.4, 0.5) is 8.78 Å². The first kappa shape index (κ1) is 17.1. The summed E-state index contributed by atoms with van der Waals surface area (Å²) in [6.07, 6.45) is -1.34. The van der Waals surface area contributed by atoms with Crippen LogP contribution >= 0.6 is 0 Å². The van der Waals surface area contributed by atoms with E-state index in [-0.39, 0.29) is 17.2 Å². The van der Waals surface area contributed by atoms with Gasteiger partial charge in [-0.15, -0.1) is 0 Å². The van der Waals surface area contributed by atoms with E-state index in [1.54, 1.807) is 24.3 Å². The fraction of sp³-hybridized carbons (Fsp3) is 0.118. The summed E-state index contributed by atoms with van der Waals surface area (Å²) in [6, 6.07) is 11.5. The topological polar surface area (TPSA) is 78.6 Å². The zero-order valence-electron chi connectivity index (χ0n) is 12.8. The van der Waals surface area contributed by atoms with Crippen molar-refractivity contribution in [3.8, 4) is 0 Å². The Bertz CT molecular complexity index is 850. The summed E-state index contributed by atoms with van der Waals surface area (Å²) in [5.74, 6) is -3.20. The predicted octanol–water partition coefficient (Wildman–Crippen LogP) is 2.61. The van der Waals surface area contributed by atoms with Crippen LogP contribution in [-0.4, -0.2) is 9.99 Å². The molecule has 2 unspecified atom stereocenters. The van der Waals surface area contributed by atoms with Crippen LogP contribution in [0.5, 0.6) is 0 Å². The molecule has 0 amide bonds. The predicted molar refractivity (Wildman–Crippen MR) is 85.8 cm³/mol. The minimum atomic E-state index is -1.87. The molecule has 2 aromatic rings. The number of benzene rings is 2. The molecule has 2 N–H and O–H groups in total. The molecule has 1 aliphatic rings. The number of carbonyl (C=O) groups is 1. The molecule has 0 aliphatic carbocycles. The van der Waals surface area contributed by atoms with Crippen molar-refractivity contribution < 1.29 is 26.7 Å². The summed E-state index contributed by atoms with van der Waals surface area (Å²) in [5, 5.41) is 0. The molecule has 3 rings (SSSR count). The summed E-state index contributed by atoms with van der Waals surface area (Å²) in [7, 11) is 0. The van der Waals surface area contributed by atoms with Gasteiger partial charge in [-0.05, 0) is 17.7 Å². The lowest BCUT2D eigenvalue weighted by Crippen LogP contribution is -2.13. The molecular weight excluding hydrogens is 352 g/mol. The molecule has 1 aliphatic heterocycles. The van der Waals surface area contributed by atoms with Crippen molar-refractivity contribution in [3.63, 3.8) is 0 Å². The molecule has 0 spiro atoms. The highest BCUT2D eigenvalue weighted by molar-refractivity contribution is 7.79. The van der Waals surface area contributed by atoms with Crippen molar-refractivity contribution >= 4 is 16.9 Å². The molecule has 0 bridgehead atoms. The van der Waals surface area contributed by atoms with E-state index in [1.165, 1.54) is 0 Å². The molecule has 25 heavy (non-hydrogen) atoms. The van der Waals surface area contributed by atoms with Gasteiger partial charge in [-0.2, -0.15) is 0 Å². The van der Waals surface area contributed by atoms with E-state index < -0.39 is 40.4 Å². The van der Waals surface area contributed by atoms with Crippen molar-refractivity contribution in [1.82, 2.24) is 0 Å². The van der Waals surface area contributed by atoms with E-state index in [0.717, 1.165) is 17.7 Å². The van der Waals surface area contributed by atoms with Gasteiger partial charge in [-0.1, -0.05) is 30.3 Å². The Morgan fingerprint density at radius 1 is 1.12 bits per heavy atom. The Labute approximate surface area is 144 Å². The van der Waals surface area contributed by atoms with E-state index in [1.807, 2.05) is 6.07 Å². The van der Waals surface area contributed by atoms with Crippen molar-refractivity contribution in [2.24, 2.45) is 5.73 Å². The smallest absolute Gasteiger partial charge is 0.249 e. The second kappa shape index (κ2) is 7.02. The van der Waals surface area contributed by atoms with Gasteiger partial charge < -0.3 is 14.7 Å². The molecule has 0 saturated heterocycles. The number of Topliss-reactive ketones (excluding diaryl/α,β-unsaturated/α-hetero) is 1. The average molecular weight is 365 g/mol. The zero-order chi connectivity index (χ0) is 18.0. The van der Waals surface area contributed by atoms with Crippen LogP contribution in [-0.2, 0) is 30.5 Å². The Balaban J connectivity index is 1.73. The fourth-order valence-electron chi connectivity index (χ4n) is 2.34. The van der Waals surface area contributed by atoms with E-state index in [0.29, 0.717) is 6.07 Å². The Kier molecular flexibility index (Phi) is 4.80. The van der Waals surface area contributed by atoms with Gasteiger partial charge in [0.25, 0.3) is 0 Å². The number of nitrogens with two attached hydrogens (primary N) is 1. The molecule has 5 nitrogen and oxygen atoms in total. The minimum Gasteiger partial charge on any atom is -0.460 e. The summed E-state index contributed by atoms with van der Waals surface area (Å²) in [4.78, 5) is 12.4. The number of ketones is 1. The Hall–Kier alpha value is -2.74. The monoisotopic (exact) mass is 365 g/mol. The van der Waals surface area contributed by atoms with Gasteiger partial charge in [-0.25, -0.2) is 13.0 Å². The summed E-state index contributed by atoms with van der Waals surface area (Å²) >= 11 is -1.87. The van der Waals surface area contributed by atoms with E-state index >= 15 is 0 Å². The van der Waals surface area contributed by atoms with Crippen LogP contribution in [0.2, 0.25) is 0 Å². The molecule has 1 heterocycles. The highest BCUT2D eigenvalue weighted by Gasteiger charge is 2.38. The molecule has 0 saturated carbocycles. The van der Waals surface area contributed by atoms with Crippen LogP contribution in [0.25, 0.3) is 0 Å². The molecule has 2 aromatic carbocycles. The van der Waals surface area contributed by atoms with Crippen molar-refractivity contribution in [2.75, 3.05) is 0 Å². The molecule has 8 heteroatoms. The lowest BCUT2D eigenvalue weighted by Gasteiger charge is -2.10. The highest BCUT2D eigenvalue weighted by Crippen LogP contribution is 2.32. The van der Waals surface area contributed by atoms with E-state index in [2.05, 4.69) is 0 Å². The van der Waals surface area contributed by atoms with Gasteiger partial charge in [0.2, 0.25) is 28.5 Å². The first-order chi connectivity index (χ1) is 11.9. The first-order valence-electron chi connectivity index (χ1n) is 7.21. The largest absolute Gasteiger partial charge is 0.460 e. The number of rotatable bonds is 5. The number of hydrogen-bond donors (Lipinski definition) is 1. The van der Waals surface area contributed by atoms with Gasteiger partial charge in [0.15, 0.2) is 6.10 Å². The summed E-state index contributed by atoms with van der Waals surface area (Å²) < 4.78 is 49.0. The molecule has 0 radical (unpaired) electrons. The molecule has 0 aromatic heterocycles. The molecule has 2 atom stereocenters. The third kappa shape index (κ3) is 3.85. The second-order valence-corrected chi connectivity index (χ2v) is 6.34. The molecular formula is C17H13F2NO4S. The van der Waals surface area contributed by atoms with Crippen molar-refractivity contribution in [1.29, 1.82) is 0 Å². The SMILES string of the molecule is NC1=C(OS(=O)Cc2ccccc2)C(=O)C(c2cc(F)cc(F)c2)O1. The number of hydrogen-bond acceptors (Lipinski definition) is 5. The van der Waals surface area contributed by atoms with Gasteiger partial charge in [0.05, 0.1) is 5.75 Å². The first-order valence-corrected chi connectivity index (χ1v) is 8.45. The van der Waals surface area contributed by atoms with Gasteiger partial charge in [0, 0.05) is 11.6 Å². The van der Waals surface area contributed by atoms with Crippen LogP contribution in [0, 0.1) is 11.6 Å². The van der Waals surface area contributed by atoms with E-state index in [4.69, 9.17) is 14.7 Å². The van der Waals surface area contributed by atoms with Crippen LogP contribution in [0.1, 0.15) is 17.2 Å². The van der Waals surface area contributed by atoms with Gasteiger partial charge in [0.1, 0.15) is 11.6 Å². The Morgan fingerprint density at radius 2 is 1.76 bits per heavy atom. The zero-order valence-corrected chi connectivity index (χ0v) is 13.6. The summed E-state index contributed by atoms with van der Waals surface area (Å²) in [6.45, 7) is 0. The second-order valence-electron chi connectivity index (χ2n) is 5.28. The standard InChI is InChI=1S/C17H13F2NO4S/c18-12-6-11(7-13(19)8-12)15-14(21)16(17(20)23-15)24-25(22)9-10-4-2-1-3-5-10/h1-8,15H,9,20H2. The molecule has 130 valence electrons. The van der Waals surface area contributed by atoms with Crippen LogP contribution < -0.4 is 5.73 Å². The average Bonchev–Trinajstić information content (AvgIpc) is 2.83. The van der Waals surface area contributed by atoms with Crippen LogP contribution in [0.3, 0.4) is 0 Å². The molecule has 0 fully saturated rings. The maximum atomic E-state index is 13.3. The Morgan fingerprint density at radius 3 is 2.40 bits per heavy atom. The maximum Gasteiger partial charge on any atom is 0.249 e. The van der Waals surface area contributed by atoms with Crippen molar-refractivity contribution in [2.45, 2.75) is 11.9 Å². The van der Waals surface area contributed by atoms with E-state index in [9.17, 15) is 17.8 Å². The number of halogens is 2. The van der Waals surface area contributed by atoms with Gasteiger partial charge in [-0.3, -0.25) is 4.79 Å². The lowest BCUT2D eigenvalue weighted by atomic mass is 10.1. The van der Waals surface area contributed by atoms with Crippen molar-refractivity contribution in [3.05, 3.63) is 82.9 Å². The lowest BCUT2D eigenvalue weighted by molar-refractivity contribution is -0.123. The highest BCUT2D eigenvalue weighted by atomic mass is 32.2. The maximum absolute atomic E-state index is 13.3. The normalized spacial score (nSPS) is 18.2. The fourth-order valence-corrected chi connectivity index (χ4v) is 3.21. The summed E-state index contributed by atoms with van der Waals surface area (Å²) in [5.41, 5.74) is 6.31. The third-order valence-electron chi connectivity index (χ3n) is 3.42. The third-order valence-corrected chi connectivity index (χ3v) is 4.34. The number of carbonyl (C=O) groups excluding carboxylic acids is 1. The van der Waals surface area contributed by atoms with Crippen LogP contribution in [0.15, 0.2) is 60.2 Å².